The number of ether oxygens (including phenoxy) is 2. The highest BCUT2D eigenvalue weighted by Crippen LogP contribution is 2.43. The molecule has 0 unspecified atom stereocenters. The molecule has 3 heterocycles. The lowest BCUT2D eigenvalue weighted by molar-refractivity contribution is -0.137. The molecule has 2 atom stereocenters. The van der Waals surface area contributed by atoms with Gasteiger partial charge in [0.2, 0.25) is 5.95 Å². The smallest absolute Gasteiger partial charge is 0.433 e. The van der Waals surface area contributed by atoms with Crippen LogP contribution in [0.25, 0.3) is 0 Å². The number of halogens is 3. The molecular weight excluding hydrogens is 603 g/mol. The van der Waals surface area contributed by atoms with Crippen LogP contribution in [0.4, 0.5) is 35.3 Å². The maximum atomic E-state index is 13.8. The minimum Gasteiger partial charge on any atom is -0.433 e. The van der Waals surface area contributed by atoms with Gasteiger partial charge in [0, 0.05) is 25.1 Å². The van der Waals surface area contributed by atoms with Gasteiger partial charge in [0.05, 0.1) is 84.0 Å². The summed E-state index contributed by atoms with van der Waals surface area (Å²) < 4.78 is 51.9. The third kappa shape index (κ3) is 7.24. The van der Waals surface area contributed by atoms with Gasteiger partial charge in [-0.1, -0.05) is 6.92 Å². The van der Waals surface area contributed by atoms with Gasteiger partial charge in [-0.05, 0) is 61.7 Å². The molecule has 5 rings (SSSR count). The number of morpholine rings is 1. The fraction of sp³-hybridized carbons (Fsp3) is 0.406. The molecule has 0 spiro atoms. The Hall–Kier alpha value is -5.08. The monoisotopic (exact) mass is 635 g/mol. The van der Waals surface area contributed by atoms with Crippen LogP contribution >= 0.6 is 0 Å². The molecule has 0 saturated carbocycles. The highest BCUT2D eigenvalue weighted by Gasteiger charge is 2.38. The summed E-state index contributed by atoms with van der Waals surface area (Å²) in [4.78, 5) is 29.2. The second-order valence-corrected chi connectivity index (χ2v) is 10.8. The minimum atomic E-state index is -4.60. The number of nitrogens with zero attached hydrogens (tertiary/aromatic N) is 6. The minimum absolute atomic E-state index is 0.0757. The number of aromatic nitrogens is 2. The molecule has 0 bridgehead atoms. The van der Waals surface area contributed by atoms with Crippen LogP contribution in [0.5, 0.6) is 0 Å². The molecule has 2 aliphatic rings. The maximum absolute atomic E-state index is 13.8. The van der Waals surface area contributed by atoms with Gasteiger partial charge in [-0.15, -0.1) is 0 Å². The van der Waals surface area contributed by atoms with E-state index in [1.807, 2.05) is 6.92 Å². The first-order valence-electron chi connectivity index (χ1n) is 14.9. The SMILES string of the molecule is CCOC(=O)ON1c2ccc(C(F)(F)F)cc2[C@@H](Nc2ncc(N3CCOCC3)c(Cc3cc(C#N)cc(C#N)c3)n2)C[C@H]1CC. The number of carbonyl (C=O) groups excluding carboxylic acids is 1. The van der Waals surface area contributed by atoms with E-state index >= 15 is 0 Å². The summed E-state index contributed by atoms with van der Waals surface area (Å²) in [5.41, 5.74) is 2.44. The molecule has 2 aliphatic heterocycles. The number of nitriles is 2. The lowest BCUT2D eigenvalue weighted by Crippen LogP contribution is -2.43. The zero-order valence-electron chi connectivity index (χ0n) is 25.3. The van der Waals surface area contributed by atoms with E-state index < -0.39 is 30.0 Å². The predicted octanol–water partition coefficient (Wildman–Crippen LogP) is 5.90. The van der Waals surface area contributed by atoms with Crippen molar-refractivity contribution in [1.82, 2.24) is 9.97 Å². The third-order valence-electron chi connectivity index (χ3n) is 7.84. The Morgan fingerprint density at radius 1 is 1.09 bits per heavy atom. The van der Waals surface area contributed by atoms with Gasteiger partial charge >= 0.3 is 12.3 Å². The predicted molar refractivity (Wildman–Crippen MR) is 161 cm³/mol. The molecule has 0 amide bonds. The van der Waals surface area contributed by atoms with Crippen molar-refractivity contribution >= 4 is 23.5 Å². The van der Waals surface area contributed by atoms with Gasteiger partial charge in [-0.3, -0.25) is 0 Å². The lowest BCUT2D eigenvalue weighted by atomic mass is 9.90. The maximum Gasteiger partial charge on any atom is 0.533 e. The van der Waals surface area contributed by atoms with Gasteiger partial charge in [-0.25, -0.2) is 14.8 Å². The fourth-order valence-corrected chi connectivity index (χ4v) is 5.67. The molecule has 240 valence electrons. The first-order valence-corrected chi connectivity index (χ1v) is 14.9. The summed E-state index contributed by atoms with van der Waals surface area (Å²) in [7, 11) is 0. The molecule has 2 aromatic carbocycles. The normalized spacial score (nSPS) is 17.8. The summed E-state index contributed by atoms with van der Waals surface area (Å²) in [5.74, 6) is 0.187. The zero-order valence-corrected chi connectivity index (χ0v) is 25.3. The number of alkyl halides is 3. The molecule has 0 aliphatic carbocycles. The van der Waals surface area contributed by atoms with Gasteiger partial charge < -0.3 is 24.5 Å². The van der Waals surface area contributed by atoms with E-state index in [9.17, 15) is 28.5 Å². The van der Waals surface area contributed by atoms with Gasteiger partial charge in [0.25, 0.3) is 0 Å². The van der Waals surface area contributed by atoms with E-state index in [4.69, 9.17) is 19.3 Å². The Morgan fingerprint density at radius 3 is 2.43 bits per heavy atom. The van der Waals surface area contributed by atoms with Gasteiger partial charge in [-0.2, -0.15) is 28.8 Å². The van der Waals surface area contributed by atoms with E-state index in [0.29, 0.717) is 60.8 Å². The quantitative estimate of drug-likeness (QED) is 0.297. The molecule has 1 saturated heterocycles. The van der Waals surface area contributed by atoms with Crippen LogP contribution in [0.3, 0.4) is 0 Å². The molecule has 14 heteroatoms. The van der Waals surface area contributed by atoms with Crippen LogP contribution in [0.1, 0.15) is 66.2 Å². The Bertz CT molecular complexity index is 1630. The average Bonchev–Trinajstić information content (AvgIpc) is 3.05. The number of fused-ring (bicyclic) bond motifs is 1. The van der Waals surface area contributed by atoms with Gasteiger partial charge in [0.1, 0.15) is 0 Å². The second-order valence-electron chi connectivity index (χ2n) is 10.8. The van der Waals surface area contributed by atoms with E-state index in [2.05, 4.69) is 27.3 Å². The molecule has 11 nitrogen and oxygen atoms in total. The van der Waals surface area contributed by atoms with Crippen molar-refractivity contribution < 1.29 is 32.3 Å². The van der Waals surface area contributed by atoms with Crippen molar-refractivity contribution in [3.8, 4) is 12.1 Å². The number of hydrogen-bond acceptors (Lipinski definition) is 11. The first-order chi connectivity index (χ1) is 22.1. The molecular formula is C32H32F3N7O4. The zero-order chi connectivity index (χ0) is 32.8. The molecule has 46 heavy (non-hydrogen) atoms. The van der Waals surface area contributed by atoms with Crippen molar-refractivity contribution in [3.05, 3.63) is 76.1 Å². The Morgan fingerprint density at radius 2 is 1.80 bits per heavy atom. The highest BCUT2D eigenvalue weighted by molar-refractivity contribution is 5.66. The Labute approximate surface area is 264 Å². The van der Waals surface area contributed by atoms with Crippen molar-refractivity contribution in [1.29, 1.82) is 10.5 Å². The number of hydroxylamine groups is 1. The molecule has 1 fully saturated rings. The van der Waals surface area contributed by atoms with Crippen molar-refractivity contribution in [3.63, 3.8) is 0 Å². The van der Waals surface area contributed by atoms with Crippen LogP contribution in [0, 0.1) is 22.7 Å². The highest BCUT2D eigenvalue weighted by atomic mass is 19.4. The van der Waals surface area contributed by atoms with Crippen LogP contribution in [0.2, 0.25) is 0 Å². The van der Waals surface area contributed by atoms with Crippen LogP contribution < -0.4 is 15.3 Å². The lowest BCUT2D eigenvalue weighted by Gasteiger charge is -2.40. The van der Waals surface area contributed by atoms with Crippen LogP contribution in [-0.2, 0) is 26.9 Å². The Kier molecular flexibility index (Phi) is 9.78. The van der Waals surface area contributed by atoms with E-state index in [0.717, 1.165) is 17.8 Å². The number of anilines is 3. The van der Waals surface area contributed by atoms with Gasteiger partial charge in [0.15, 0.2) is 0 Å². The molecule has 0 radical (unpaired) electrons. The van der Waals surface area contributed by atoms with E-state index in [-0.39, 0.29) is 31.0 Å². The van der Waals surface area contributed by atoms with Crippen molar-refractivity contribution in [2.45, 2.75) is 51.4 Å². The summed E-state index contributed by atoms with van der Waals surface area (Å²) in [6, 6.07) is 11.3. The summed E-state index contributed by atoms with van der Waals surface area (Å²) >= 11 is 0. The standard InChI is InChI=1S/C32H32F3N7O4/c1-3-24-16-26(25-15-23(32(33,34)35)5-6-28(25)42(24)46-31(43)45-4-2)39-30-38-19-29(41-7-9-44-10-8-41)27(40-30)14-20-11-21(17-36)13-22(12-20)18-37/h5-6,11-13,15,19,24,26H,3-4,7-10,14,16H2,1-2H3,(H,38,39,40)/t24-,26+/m1/s1. The summed E-state index contributed by atoms with van der Waals surface area (Å²) in [6.45, 7) is 5.84. The summed E-state index contributed by atoms with van der Waals surface area (Å²) in [5, 5.41) is 23.5. The number of rotatable bonds is 8. The largest absolute Gasteiger partial charge is 0.533 e. The number of hydrogen-bond donors (Lipinski definition) is 1. The van der Waals surface area contributed by atoms with Crippen molar-refractivity contribution in [2.24, 2.45) is 0 Å². The number of nitrogens with one attached hydrogen (secondary N) is 1. The Balaban J connectivity index is 1.54. The molecule has 1 N–H and O–H groups in total. The van der Waals surface area contributed by atoms with Crippen LogP contribution in [-0.4, -0.2) is 55.1 Å². The fourth-order valence-electron chi connectivity index (χ4n) is 5.67. The number of carbonyl (C=O) groups is 1. The molecule has 1 aromatic heterocycles. The average molecular weight is 636 g/mol. The van der Waals surface area contributed by atoms with Crippen LogP contribution in [0.15, 0.2) is 42.6 Å². The molecule has 3 aromatic rings. The van der Waals surface area contributed by atoms with E-state index in [1.54, 1.807) is 25.3 Å². The number of benzene rings is 2. The topological polar surface area (TPSA) is 137 Å². The second kappa shape index (κ2) is 13.9. The third-order valence-corrected chi connectivity index (χ3v) is 7.84. The van der Waals surface area contributed by atoms with E-state index in [1.165, 1.54) is 17.2 Å². The summed E-state index contributed by atoms with van der Waals surface area (Å²) in [6.07, 6.45) is -2.84. The van der Waals surface area contributed by atoms with Crippen molar-refractivity contribution in [2.75, 3.05) is 48.2 Å². The first kappa shape index (κ1) is 32.3.